The normalized spacial score (nSPS) is 16.8. The van der Waals surface area contributed by atoms with E-state index < -0.39 is 5.97 Å². The molecule has 2 rings (SSSR count). The Morgan fingerprint density at radius 1 is 1.44 bits per heavy atom. The second kappa shape index (κ2) is 5.20. The highest BCUT2D eigenvalue weighted by molar-refractivity contribution is 5.93. The van der Waals surface area contributed by atoms with E-state index in [1.807, 2.05) is 6.92 Å². The van der Waals surface area contributed by atoms with E-state index in [0.717, 1.165) is 6.54 Å². The summed E-state index contributed by atoms with van der Waals surface area (Å²) in [7, 11) is 0. The van der Waals surface area contributed by atoms with Gasteiger partial charge >= 0.3 is 5.97 Å². The molecule has 1 aliphatic heterocycles. The van der Waals surface area contributed by atoms with E-state index in [4.69, 9.17) is 5.11 Å². The standard InChI is InChI=1S/C12H17N3O3/c1-2-15-8-10(7-13-15)11(16)14-5-3-9(4-6-14)12(17)18/h7-9H,2-6H2,1H3,(H,17,18). The van der Waals surface area contributed by atoms with Crippen molar-refractivity contribution >= 4 is 11.9 Å². The molecule has 0 aliphatic carbocycles. The van der Waals surface area contributed by atoms with Crippen LogP contribution in [0.5, 0.6) is 0 Å². The van der Waals surface area contributed by atoms with Gasteiger partial charge < -0.3 is 10.0 Å². The summed E-state index contributed by atoms with van der Waals surface area (Å²) in [4.78, 5) is 24.7. The number of aliphatic carboxylic acids is 1. The predicted octanol–water partition coefficient (Wildman–Crippen LogP) is 0.840. The molecule has 0 spiro atoms. The number of amides is 1. The summed E-state index contributed by atoms with van der Waals surface area (Å²) < 4.78 is 1.71. The number of nitrogens with zero attached hydrogens (tertiary/aromatic N) is 3. The van der Waals surface area contributed by atoms with Gasteiger partial charge in [0.05, 0.1) is 17.7 Å². The zero-order chi connectivity index (χ0) is 13.1. The van der Waals surface area contributed by atoms with Crippen LogP contribution in [0.4, 0.5) is 0 Å². The molecule has 1 amide bonds. The number of carbonyl (C=O) groups excluding carboxylic acids is 1. The Morgan fingerprint density at radius 2 is 2.11 bits per heavy atom. The maximum Gasteiger partial charge on any atom is 0.306 e. The molecular weight excluding hydrogens is 234 g/mol. The van der Waals surface area contributed by atoms with Gasteiger partial charge in [-0.05, 0) is 19.8 Å². The summed E-state index contributed by atoms with van der Waals surface area (Å²) in [5, 5.41) is 13.0. The molecule has 0 unspecified atom stereocenters. The monoisotopic (exact) mass is 251 g/mol. The van der Waals surface area contributed by atoms with Crippen molar-refractivity contribution < 1.29 is 14.7 Å². The van der Waals surface area contributed by atoms with Gasteiger partial charge in [-0.2, -0.15) is 5.10 Å². The Bertz CT molecular complexity index is 447. The van der Waals surface area contributed by atoms with Crippen LogP contribution in [-0.2, 0) is 11.3 Å². The molecule has 2 heterocycles. The van der Waals surface area contributed by atoms with Crippen LogP contribution < -0.4 is 0 Å². The van der Waals surface area contributed by atoms with Crippen LogP contribution in [0.1, 0.15) is 30.1 Å². The number of carboxylic acids is 1. The third-order valence-electron chi connectivity index (χ3n) is 3.34. The van der Waals surface area contributed by atoms with E-state index >= 15 is 0 Å². The van der Waals surface area contributed by atoms with Crippen LogP contribution in [-0.4, -0.2) is 44.8 Å². The number of aryl methyl sites for hydroxylation is 1. The van der Waals surface area contributed by atoms with Gasteiger partial charge in [-0.3, -0.25) is 14.3 Å². The molecule has 0 aromatic carbocycles. The summed E-state index contributed by atoms with van der Waals surface area (Å²) in [6.45, 7) is 3.70. The van der Waals surface area contributed by atoms with Crippen LogP contribution in [0, 0.1) is 5.92 Å². The quantitative estimate of drug-likeness (QED) is 0.863. The van der Waals surface area contributed by atoms with E-state index in [2.05, 4.69) is 5.10 Å². The second-order valence-electron chi connectivity index (χ2n) is 4.49. The molecule has 0 saturated carbocycles. The number of hydrogen-bond donors (Lipinski definition) is 1. The number of carboxylic acid groups (broad SMARTS) is 1. The maximum atomic E-state index is 12.1. The first kappa shape index (κ1) is 12.6. The number of carbonyl (C=O) groups is 2. The van der Waals surface area contributed by atoms with Crippen molar-refractivity contribution in [3.63, 3.8) is 0 Å². The fraction of sp³-hybridized carbons (Fsp3) is 0.583. The van der Waals surface area contributed by atoms with E-state index in [9.17, 15) is 9.59 Å². The molecule has 98 valence electrons. The van der Waals surface area contributed by atoms with Crippen molar-refractivity contribution in [2.24, 2.45) is 5.92 Å². The van der Waals surface area contributed by atoms with Crippen LogP contribution in [0.3, 0.4) is 0 Å². The fourth-order valence-corrected chi connectivity index (χ4v) is 2.16. The molecule has 1 N–H and O–H groups in total. The van der Waals surface area contributed by atoms with Crippen molar-refractivity contribution in [1.29, 1.82) is 0 Å². The summed E-state index contributed by atoms with van der Waals surface area (Å²) in [5.41, 5.74) is 0.575. The van der Waals surface area contributed by atoms with Gasteiger partial charge in [0.1, 0.15) is 0 Å². The molecule has 6 heteroatoms. The lowest BCUT2D eigenvalue weighted by Gasteiger charge is -2.29. The Hall–Kier alpha value is -1.85. The van der Waals surface area contributed by atoms with Gasteiger partial charge in [0.15, 0.2) is 0 Å². The molecule has 1 aromatic heterocycles. The fourth-order valence-electron chi connectivity index (χ4n) is 2.16. The first-order valence-electron chi connectivity index (χ1n) is 6.16. The van der Waals surface area contributed by atoms with Gasteiger partial charge in [0, 0.05) is 25.8 Å². The lowest BCUT2D eigenvalue weighted by Crippen LogP contribution is -2.40. The van der Waals surface area contributed by atoms with Crippen molar-refractivity contribution in [3.8, 4) is 0 Å². The molecular formula is C12H17N3O3. The Kier molecular flexibility index (Phi) is 3.64. The largest absolute Gasteiger partial charge is 0.481 e. The number of hydrogen-bond acceptors (Lipinski definition) is 3. The second-order valence-corrected chi connectivity index (χ2v) is 4.49. The van der Waals surface area contributed by atoms with Crippen molar-refractivity contribution in [2.75, 3.05) is 13.1 Å². The number of likely N-dealkylation sites (tertiary alicyclic amines) is 1. The van der Waals surface area contributed by atoms with Crippen LogP contribution in [0.15, 0.2) is 12.4 Å². The predicted molar refractivity (Wildman–Crippen MR) is 64.2 cm³/mol. The topological polar surface area (TPSA) is 75.4 Å². The molecule has 0 atom stereocenters. The molecule has 6 nitrogen and oxygen atoms in total. The Balaban J connectivity index is 1.97. The van der Waals surface area contributed by atoms with Gasteiger partial charge in [0.25, 0.3) is 5.91 Å². The number of piperidine rings is 1. The third-order valence-corrected chi connectivity index (χ3v) is 3.34. The summed E-state index contributed by atoms with van der Waals surface area (Å²) >= 11 is 0. The first-order chi connectivity index (χ1) is 8.61. The highest BCUT2D eigenvalue weighted by Gasteiger charge is 2.27. The van der Waals surface area contributed by atoms with E-state index in [0.29, 0.717) is 31.5 Å². The van der Waals surface area contributed by atoms with E-state index in [-0.39, 0.29) is 11.8 Å². The Labute approximate surface area is 105 Å². The van der Waals surface area contributed by atoms with E-state index in [1.54, 1.807) is 22.0 Å². The van der Waals surface area contributed by atoms with Crippen LogP contribution in [0.25, 0.3) is 0 Å². The summed E-state index contributed by atoms with van der Waals surface area (Å²) in [6.07, 6.45) is 4.35. The highest BCUT2D eigenvalue weighted by Crippen LogP contribution is 2.19. The molecule has 1 aromatic rings. The lowest BCUT2D eigenvalue weighted by atomic mass is 9.97. The molecule has 1 aliphatic rings. The lowest BCUT2D eigenvalue weighted by molar-refractivity contribution is -0.143. The molecule has 18 heavy (non-hydrogen) atoms. The minimum absolute atomic E-state index is 0.0569. The minimum Gasteiger partial charge on any atom is -0.481 e. The number of rotatable bonds is 3. The van der Waals surface area contributed by atoms with Crippen LogP contribution >= 0.6 is 0 Å². The highest BCUT2D eigenvalue weighted by atomic mass is 16.4. The average Bonchev–Trinajstić information content (AvgIpc) is 2.86. The first-order valence-corrected chi connectivity index (χ1v) is 6.16. The summed E-state index contributed by atoms with van der Waals surface area (Å²) in [5.74, 6) is -1.13. The third kappa shape index (κ3) is 2.52. The minimum atomic E-state index is -0.763. The van der Waals surface area contributed by atoms with Crippen molar-refractivity contribution in [3.05, 3.63) is 18.0 Å². The summed E-state index contributed by atoms with van der Waals surface area (Å²) in [6, 6.07) is 0. The smallest absolute Gasteiger partial charge is 0.306 e. The molecule has 1 fully saturated rings. The average molecular weight is 251 g/mol. The molecule has 0 bridgehead atoms. The Morgan fingerprint density at radius 3 is 2.61 bits per heavy atom. The molecule has 0 radical (unpaired) electrons. The van der Waals surface area contributed by atoms with Crippen molar-refractivity contribution in [2.45, 2.75) is 26.3 Å². The zero-order valence-electron chi connectivity index (χ0n) is 10.4. The van der Waals surface area contributed by atoms with Crippen molar-refractivity contribution in [1.82, 2.24) is 14.7 Å². The van der Waals surface area contributed by atoms with Gasteiger partial charge in [0.2, 0.25) is 0 Å². The van der Waals surface area contributed by atoms with Gasteiger partial charge in [-0.15, -0.1) is 0 Å². The van der Waals surface area contributed by atoms with E-state index in [1.165, 1.54) is 0 Å². The molecule has 1 saturated heterocycles. The van der Waals surface area contributed by atoms with Crippen LogP contribution in [0.2, 0.25) is 0 Å². The van der Waals surface area contributed by atoms with Gasteiger partial charge in [-0.25, -0.2) is 0 Å². The SMILES string of the molecule is CCn1cc(C(=O)N2CCC(C(=O)O)CC2)cn1. The maximum absolute atomic E-state index is 12.1. The number of aromatic nitrogens is 2. The van der Waals surface area contributed by atoms with Gasteiger partial charge in [-0.1, -0.05) is 0 Å². The zero-order valence-corrected chi connectivity index (χ0v) is 10.4.